The fourth-order valence-corrected chi connectivity index (χ4v) is 4.07. The van der Waals surface area contributed by atoms with Gasteiger partial charge in [-0.15, -0.1) is 0 Å². The van der Waals surface area contributed by atoms with Gasteiger partial charge in [-0.25, -0.2) is 4.68 Å². The van der Waals surface area contributed by atoms with Crippen LogP contribution in [0.3, 0.4) is 0 Å². The number of aromatic nitrogens is 3. The van der Waals surface area contributed by atoms with Crippen molar-refractivity contribution in [3.8, 4) is 0 Å². The van der Waals surface area contributed by atoms with E-state index in [0.29, 0.717) is 21.9 Å². The van der Waals surface area contributed by atoms with Gasteiger partial charge >= 0.3 is 0 Å². The summed E-state index contributed by atoms with van der Waals surface area (Å²) in [6.07, 6.45) is 1.62. The molecule has 0 radical (unpaired) electrons. The molecule has 0 bridgehead atoms. The van der Waals surface area contributed by atoms with Crippen molar-refractivity contribution in [1.82, 2.24) is 25.6 Å². The lowest BCUT2D eigenvalue weighted by atomic mass is 10.0. The van der Waals surface area contributed by atoms with Crippen LogP contribution in [0, 0.1) is 0 Å². The van der Waals surface area contributed by atoms with Crippen LogP contribution in [0.5, 0.6) is 0 Å². The average Bonchev–Trinajstić information content (AvgIpc) is 2.86. The molecule has 8 heteroatoms. The number of pyridine rings is 1. The zero-order chi connectivity index (χ0) is 23.8. The van der Waals surface area contributed by atoms with E-state index < -0.39 is 11.8 Å². The Kier molecular flexibility index (Phi) is 5.25. The summed E-state index contributed by atoms with van der Waals surface area (Å²) < 4.78 is 1.26. The maximum atomic E-state index is 13.1. The molecule has 168 valence electrons. The van der Waals surface area contributed by atoms with E-state index in [9.17, 15) is 14.4 Å². The molecule has 5 aromatic rings. The predicted octanol–water partition coefficient (Wildman–Crippen LogP) is 3.75. The van der Waals surface area contributed by atoms with Crippen molar-refractivity contribution >= 4 is 44.3 Å². The van der Waals surface area contributed by atoms with Crippen LogP contribution in [-0.4, -0.2) is 26.6 Å². The van der Waals surface area contributed by atoms with Crippen LogP contribution in [0.2, 0.25) is 0 Å². The van der Waals surface area contributed by atoms with Gasteiger partial charge in [0.25, 0.3) is 17.4 Å². The second-order valence-electron chi connectivity index (χ2n) is 8.19. The van der Waals surface area contributed by atoms with E-state index >= 15 is 0 Å². The van der Waals surface area contributed by atoms with Gasteiger partial charge in [0, 0.05) is 17.0 Å². The van der Waals surface area contributed by atoms with E-state index in [0.717, 1.165) is 16.2 Å². The Bertz CT molecular complexity index is 1660. The van der Waals surface area contributed by atoms with E-state index in [-0.39, 0.29) is 17.3 Å². The number of hydrogen-bond donors (Lipinski definition) is 2. The summed E-state index contributed by atoms with van der Waals surface area (Å²) in [5, 5.41) is 7.77. The third-order valence-corrected chi connectivity index (χ3v) is 5.68. The van der Waals surface area contributed by atoms with Crippen molar-refractivity contribution in [1.29, 1.82) is 0 Å². The number of hydrazine groups is 1. The summed E-state index contributed by atoms with van der Waals surface area (Å²) in [7, 11) is 0. The Morgan fingerprint density at radius 2 is 1.47 bits per heavy atom. The molecule has 8 nitrogen and oxygen atoms in total. The first-order chi connectivity index (χ1) is 16.5. The predicted molar refractivity (Wildman–Crippen MR) is 131 cm³/mol. The van der Waals surface area contributed by atoms with Gasteiger partial charge in [0.1, 0.15) is 0 Å². The molecule has 0 aliphatic heterocycles. The number of hydrogen-bond acceptors (Lipinski definition) is 5. The number of fused-ring (bicyclic) bond motifs is 4. The van der Waals surface area contributed by atoms with Crippen LogP contribution in [-0.2, 0) is 0 Å². The summed E-state index contributed by atoms with van der Waals surface area (Å²) in [5.74, 6) is -1.14. The first kappa shape index (κ1) is 21.3. The second-order valence-corrected chi connectivity index (χ2v) is 8.19. The Morgan fingerprint density at radius 3 is 2.24 bits per heavy atom. The van der Waals surface area contributed by atoms with Crippen molar-refractivity contribution in [2.75, 3.05) is 0 Å². The molecule has 0 saturated heterocycles. The summed E-state index contributed by atoms with van der Waals surface area (Å²) in [6.45, 7) is 3.62. The Morgan fingerprint density at radius 1 is 0.824 bits per heavy atom. The van der Waals surface area contributed by atoms with Crippen LogP contribution in [0.25, 0.3) is 32.4 Å². The molecule has 34 heavy (non-hydrogen) atoms. The quantitative estimate of drug-likeness (QED) is 0.321. The number of rotatable bonds is 3. The Labute approximate surface area is 194 Å². The van der Waals surface area contributed by atoms with Crippen LogP contribution in [0.15, 0.2) is 77.7 Å². The van der Waals surface area contributed by atoms with Crippen LogP contribution in [0.4, 0.5) is 0 Å². The highest BCUT2D eigenvalue weighted by Crippen LogP contribution is 2.27. The van der Waals surface area contributed by atoms with Crippen LogP contribution in [0.1, 0.15) is 40.7 Å². The van der Waals surface area contributed by atoms with Gasteiger partial charge in [-0.3, -0.25) is 30.2 Å². The number of amides is 2. The molecule has 0 atom stereocenters. The third-order valence-electron chi connectivity index (χ3n) is 5.68. The summed E-state index contributed by atoms with van der Waals surface area (Å²) >= 11 is 0. The first-order valence-electron chi connectivity index (χ1n) is 10.8. The van der Waals surface area contributed by atoms with E-state index in [4.69, 9.17) is 0 Å². The fourth-order valence-electron chi connectivity index (χ4n) is 4.07. The molecular formula is C26H21N5O3. The van der Waals surface area contributed by atoms with Gasteiger partial charge in [-0.05, 0) is 42.8 Å². The smallest absolute Gasteiger partial charge is 0.267 e. The molecule has 0 spiro atoms. The van der Waals surface area contributed by atoms with Crippen molar-refractivity contribution < 1.29 is 9.59 Å². The van der Waals surface area contributed by atoms with Crippen molar-refractivity contribution in [3.05, 3.63) is 94.5 Å². The van der Waals surface area contributed by atoms with Crippen molar-refractivity contribution in [3.63, 3.8) is 0 Å². The zero-order valence-corrected chi connectivity index (χ0v) is 18.6. The highest BCUT2D eigenvalue weighted by molar-refractivity contribution is 6.16. The molecule has 2 heterocycles. The lowest BCUT2D eigenvalue weighted by Gasteiger charge is -2.14. The Balaban J connectivity index is 1.50. The molecule has 0 fully saturated rings. The highest BCUT2D eigenvalue weighted by atomic mass is 16.2. The van der Waals surface area contributed by atoms with E-state index in [1.807, 2.05) is 50.2 Å². The number of nitrogens with one attached hydrogen (secondary N) is 2. The molecule has 2 N–H and O–H groups in total. The van der Waals surface area contributed by atoms with Gasteiger partial charge in [0.15, 0.2) is 5.69 Å². The molecule has 0 unspecified atom stereocenters. The van der Waals surface area contributed by atoms with E-state index in [1.54, 1.807) is 36.5 Å². The topological polar surface area (TPSA) is 106 Å². The minimum absolute atomic E-state index is 0.0469. The molecule has 2 aromatic heterocycles. The van der Waals surface area contributed by atoms with Crippen LogP contribution < -0.4 is 16.4 Å². The maximum Gasteiger partial charge on any atom is 0.290 e. The number of benzene rings is 3. The molecule has 3 aromatic carbocycles. The normalized spacial score (nSPS) is 11.3. The lowest BCUT2D eigenvalue weighted by molar-refractivity contribution is 0.0844. The lowest BCUT2D eigenvalue weighted by Crippen LogP contribution is -2.43. The molecule has 0 aliphatic rings. The van der Waals surface area contributed by atoms with Crippen molar-refractivity contribution in [2.24, 2.45) is 0 Å². The van der Waals surface area contributed by atoms with E-state index in [1.165, 1.54) is 4.68 Å². The molecular weight excluding hydrogens is 430 g/mol. The second kappa shape index (κ2) is 8.40. The monoisotopic (exact) mass is 451 g/mol. The standard InChI is InChI=1S/C26H21N5O3/c1-15(2)31-26(34)20-11-6-5-10-19(20)23(30-31)25(33)29-28-24(32)21-14-16-8-3-4-9-17(16)18-12-7-13-27-22(18)21/h3-15H,1-2H3,(H,28,32)(H,29,33). The summed E-state index contributed by atoms with van der Waals surface area (Å²) in [6, 6.07) is 19.7. The zero-order valence-electron chi connectivity index (χ0n) is 18.6. The SMILES string of the molecule is CC(C)n1nc(C(=O)NNC(=O)c2cc3ccccc3c3cccnc23)c2ccccc2c1=O. The first-order valence-corrected chi connectivity index (χ1v) is 10.8. The van der Waals surface area contributed by atoms with Crippen molar-refractivity contribution in [2.45, 2.75) is 19.9 Å². The minimum atomic E-state index is -0.628. The number of carbonyl (C=O) groups is 2. The number of nitrogens with zero attached hydrogens (tertiary/aromatic N) is 3. The summed E-state index contributed by atoms with van der Waals surface area (Å²) in [5.41, 5.74) is 5.55. The fraction of sp³-hybridized carbons (Fsp3) is 0.115. The maximum absolute atomic E-state index is 13.1. The van der Waals surface area contributed by atoms with Crippen LogP contribution >= 0.6 is 0 Å². The molecule has 0 saturated carbocycles. The van der Waals surface area contributed by atoms with Gasteiger partial charge in [0.2, 0.25) is 0 Å². The molecule has 2 amide bonds. The summed E-state index contributed by atoms with van der Waals surface area (Å²) in [4.78, 5) is 43.2. The average molecular weight is 451 g/mol. The Hall–Kier alpha value is -4.59. The van der Waals surface area contributed by atoms with Gasteiger partial charge in [-0.2, -0.15) is 5.10 Å². The van der Waals surface area contributed by atoms with Gasteiger partial charge in [0.05, 0.1) is 22.5 Å². The minimum Gasteiger partial charge on any atom is -0.267 e. The molecule has 0 aliphatic carbocycles. The molecule has 5 rings (SSSR count). The van der Waals surface area contributed by atoms with E-state index in [2.05, 4.69) is 20.9 Å². The number of carbonyl (C=O) groups excluding carboxylic acids is 2. The highest BCUT2D eigenvalue weighted by Gasteiger charge is 2.20. The van der Waals surface area contributed by atoms with Gasteiger partial charge in [-0.1, -0.05) is 48.5 Å². The largest absolute Gasteiger partial charge is 0.290 e. The van der Waals surface area contributed by atoms with Gasteiger partial charge < -0.3 is 0 Å². The third kappa shape index (κ3) is 3.55.